The van der Waals surface area contributed by atoms with E-state index >= 15 is 0 Å². The average molecular weight is 296 g/mol. The Hall–Kier alpha value is -1.10. The van der Waals surface area contributed by atoms with Gasteiger partial charge in [-0.3, -0.25) is 4.79 Å². The van der Waals surface area contributed by atoms with E-state index in [2.05, 4.69) is 43.4 Å². The molecule has 1 heterocycles. The molecule has 1 aliphatic carbocycles. The number of rotatable bonds is 4. The summed E-state index contributed by atoms with van der Waals surface area (Å²) in [6, 6.07) is 0.302. The topological polar surface area (TPSA) is 62.2 Å². The van der Waals surface area contributed by atoms with Gasteiger partial charge in [0.05, 0.1) is 11.6 Å². The second kappa shape index (κ2) is 5.72. The minimum atomic E-state index is -0.664. The zero-order valence-electron chi connectivity index (χ0n) is 12.6. The largest absolute Gasteiger partial charge is 0.481 e. The highest BCUT2D eigenvalue weighted by Gasteiger charge is 2.46. The van der Waals surface area contributed by atoms with Gasteiger partial charge >= 0.3 is 5.97 Å². The number of aromatic nitrogens is 1. The van der Waals surface area contributed by atoms with Crippen molar-refractivity contribution < 1.29 is 9.90 Å². The van der Waals surface area contributed by atoms with E-state index in [0.717, 1.165) is 30.1 Å². The quantitative estimate of drug-likeness (QED) is 0.890. The highest BCUT2D eigenvalue weighted by Crippen LogP contribution is 2.46. The molecular weight excluding hydrogens is 272 g/mol. The molecular formula is C15H24N2O2S. The van der Waals surface area contributed by atoms with Gasteiger partial charge in [0, 0.05) is 11.4 Å². The summed E-state index contributed by atoms with van der Waals surface area (Å²) in [6.07, 6.45) is 2.57. The third kappa shape index (κ3) is 2.82. The number of hydrogen-bond donors (Lipinski definition) is 2. The molecule has 3 atom stereocenters. The Kier molecular flexibility index (Phi) is 4.37. The minimum Gasteiger partial charge on any atom is -0.481 e. The van der Waals surface area contributed by atoms with E-state index in [4.69, 9.17) is 0 Å². The Balaban J connectivity index is 2.09. The van der Waals surface area contributed by atoms with Gasteiger partial charge in [0.1, 0.15) is 0 Å². The summed E-state index contributed by atoms with van der Waals surface area (Å²) in [5.74, 6) is -0.618. The summed E-state index contributed by atoms with van der Waals surface area (Å²) in [7, 11) is 0. The first-order valence-corrected chi connectivity index (χ1v) is 8.18. The number of carboxylic acid groups (broad SMARTS) is 1. The van der Waals surface area contributed by atoms with Crippen LogP contribution in [0.2, 0.25) is 0 Å². The summed E-state index contributed by atoms with van der Waals surface area (Å²) in [5.41, 5.74) is 0.913. The summed E-state index contributed by atoms with van der Waals surface area (Å²) in [4.78, 5) is 15.9. The predicted molar refractivity (Wildman–Crippen MR) is 82.2 cm³/mol. The van der Waals surface area contributed by atoms with E-state index in [-0.39, 0.29) is 11.3 Å². The van der Waals surface area contributed by atoms with Crippen molar-refractivity contribution in [2.24, 2.45) is 17.3 Å². The lowest BCUT2D eigenvalue weighted by Gasteiger charge is -2.46. The number of aliphatic carboxylic acids is 1. The maximum absolute atomic E-state index is 11.4. The summed E-state index contributed by atoms with van der Waals surface area (Å²) in [5, 5.41) is 15.9. The van der Waals surface area contributed by atoms with Crippen molar-refractivity contribution in [3.8, 4) is 0 Å². The van der Waals surface area contributed by atoms with Crippen LogP contribution >= 0.6 is 11.3 Å². The van der Waals surface area contributed by atoms with Gasteiger partial charge in [0.25, 0.3) is 0 Å². The zero-order chi connectivity index (χ0) is 14.9. The molecule has 1 aromatic heterocycles. The van der Waals surface area contributed by atoms with Gasteiger partial charge in [0.2, 0.25) is 0 Å². The highest BCUT2D eigenvalue weighted by atomic mass is 32.1. The van der Waals surface area contributed by atoms with Crippen LogP contribution in [-0.2, 0) is 11.2 Å². The van der Waals surface area contributed by atoms with Crippen LogP contribution in [0.3, 0.4) is 0 Å². The van der Waals surface area contributed by atoms with Crippen molar-refractivity contribution >= 4 is 22.4 Å². The van der Waals surface area contributed by atoms with Gasteiger partial charge in [-0.05, 0) is 30.6 Å². The second-order valence-electron chi connectivity index (χ2n) is 6.33. The van der Waals surface area contributed by atoms with Crippen molar-refractivity contribution in [1.29, 1.82) is 0 Å². The molecule has 0 aromatic carbocycles. The van der Waals surface area contributed by atoms with Crippen molar-refractivity contribution in [2.45, 2.75) is 53.0 Å². The lowest BCUT2D eigenvalue weighted by Crippen LogP contribution is -2.48. The maximum Gasteiger partial charge on any atom is 0.307 e. The fourth-order valence-corrected chi connectivity index (χ4v) is 3.99. The van der Waals surface area contributed by atoms with Crippen LogP contribution in [0, 0.1) is 17.3 Å². The highest BCUT2D eigenvalue weighted by molar-refractivity contribution is 7.13. The van der Waals surface area contributed by atoms with E-state index < -0.39 is 5.97 Å². The third-order valence-corrected chi connectivity index (χ3v) is 5.78. The number of thiazole rings is 1. The lowest BCUT2D eigenvalue weighted by molar-refractivity contribution is -0.149. The van der Waals surface area contributed by atoms with Crippen LogP contribution < -0.4 is 5.32 Å². The van der Waals surface area contributed by atoms with Crippen molar-refractivity contribution in [1.82, 2.24) is 4.98 Å². The van der Waals surface area contributed by atoms with Gasteiger partial charge in [0.15, 0.2) is 5.13 Å². The molecule has 0 spiro atoms. The van der Waals surface area contributed by atoms with E-state index in [1.807, 2.05) is 0 Å². The molecule has 0 radical (unpaired) electrons. The zero-order valence-corrected chi connectivity index (χ0v) is 13.5. The fourth-order valence-electron chi connectivity index (χ4n) is 3.14. The lowest BCUT2D eigenvalue weighted by atomic mass is 9.61. The Labute approximate surface area is 124 Å². The summed E-state index contributed by atoms with van der Waals surface area (Å²) in [6.45, 7) is 8.40. The van der Waals surface area contributed by atoms with Crippen molar-refractivity contribution in [3.63, 3.8) is 0 Å². The molecule has 1 aromatic rings. The molecule has 2 rings (SSSR count). The summed E-state index contributed by atoms with van der Waals surface area (Å²) >= 11 is 1.64. The third-order valence-electron chi connectivity index (χ3n) is 4.96. The number of anilines is 1. The second-order valence-corrected chi connectivity index (χ2v) is 7.18. The Morgan fingerprint density at radius 1 is 1.55 bits per heavy atom. The van der Waals surface area contributed by atoms with E-state index in [1.54, 1.807) is 11.3 Å². The number of hydrogen-bond acceptors (Lipinski definition) is 4. The molecule has 20 heavy (non-hydrogen) atoms. The van der Waals surface area contributed by atoms with Crippen LogP contribution in [0.4, 0.5) is 5.13 Å². The molecule has 1 saturated carbocycles. The normalized spacial score (nSPS) is 29.1. The molecule has 1 fully saturated rings. The van der Waals surface area contributed by atoms with Gasteiger partial charge in [-0.2, -0.15) is 0 Å². The molecule has 3 unspecified atom stereocenters. The van der Waals surface area contributed by atoms with Crippen molar-refractivity contribution in [2.75, 3.05) is 5.32 Å². The van der Waals surface area contributed by atoms with Gasteiger partial charge in [-0.15, -0.1) is 11.3 Å². The molecule has 1 aliphatic rings. The predicted octanol–water partition coefficient (Wildman–Crippen LogP) is 3.64. The maximum atomic E-state index is 11.4. The fraction of sp³-hybridized carbons (Fsp3) is 0.733. The Bertz CT molecular complexity index is 484. The standard InChI is InChI=1S/C15H24N2O2S/c1-5-10-8-20-14(16-10)17-12-7-6-11(13(18)19)15(3,4)9(12)2/h8-9,11-12H,5-7H2,1-4H3,(H,16,17)(H,18,19). The van der Waals surface area contributed by atoms with Crippen LogP contribution in [0.5, 0.6) is 0 Å². The molecule has 112 valence electrons. The summed E-state index contributed by atoms with van der Waals surface area (Å²) < 4.78 is 0. The first-order valence-electron chi connectivity index (χ1n) is 7.30. The smallest absolute Gasteiger partial charge is 0.307 e. The monoisotopic (exact) mass is 296 g/mol. The number of carbonyl (C=O) groups is 1. The van der Waals surface area contributed by atoms with E-state index in [9.17, 15) is 9.90 Å². The van der Waals surface area contributed by atoms with E-state index in [0.29, 0.717) is 12.0 Å². The molecule has 0 bridgehead atoms. The molecule has 0 amide bonds. The molecule has 0 aliphatic heterocycles. The number of aryl methyl sites for hydroxylation is 1. The molecule has 4 nitrogen and oxygen atoms in total. The average Bonchev–Trinajstić information content (AvgIpc) is 2.82. The van der Waals surface area contributed by atoms with Crippen LogP contribution in [-0.4, -0.2) is 22.1 Å². The Morgan fingerprint density at radius 2 is 2.25 bits per heavy atom. The Morgan fingerprint density at radius 3 is 2.80 bits per heavy atom. The van der Waals surface area contributed by atoms with Crippen LogP contribution in [0.15, 0.2) is 5.38 Å². The SMILES string of the molecule is CCc1csc(NC2CCC(C(=O)O)C(C)(C)C2C)n1. The van der Waals surface area contributed by atoms with Crippen LogP contribution in [0.1, 0.15) is 46.2 Å². The van der Waals surface area contributed by atoms with E-state index in [1.165, 1.54) is 0 Å². The minimum absolute atomic E-state index is 0.202. The van der Waals surface area contributed by atoms with Crippen LogP contribution in [0.25, 0.3) is 0 Å². The number of carboxylic acids is 1. The first kappa shape index (κ1) is 15.3. The number of nitrogens with zero attached hydrogens (tertiary/aromatic N) is 1. The number of nitrogens with one attached hydrogen (secondary N) is 1. The van der Waals surface area contributed by atoms with Gasteiger partial charge in [-0.25, -0.2) is 4.98 Å². The van der Waals surface area contributed by atoms with Gasteiger partial charge < -0.3 is 10.4 Å². The molecule has 2 N–H and O–H groups in total. The molecule has 5 heteroatoms. The molecule has 0 saturated heterocycles. The van der Waals surface area contributed by atoms with Crippen molar-refractivity contribution in [3.05, 3.63) is 11.1 Å². The van der Waals surface area contributed by atoms with Gasteiger partial charge in [-0.1, -0.05) is 27.7 Å². The first-order chi connectivity index (χ1) is 9.36.